The minimum atomic E-state index is 0.557. The Morgan fingerprint density at radius 3 is 2.69 bits per heavy atom. The van der Waals surface area contributed by atoms with Crippen molar-refractivity contribution in [3.8, 4) is 0 Å². The zero-order valence-electron chi connectivity index (χ0n) is 10.5. The highest BCUT2D eigenvalue weighted by atomic mass is 32.2. The number of rotatable bonds is 2. The summed E-state index contributed by atoms with van der Waals surface area (Å²) in [7, 11) is 0. The lowest BCUT2D eigenvalue weighted by molar-refractivity contribution is 0.678. The van der Waals surface area contributed by atoms with Gasteiger partial charge in [0.05, 0.1) is 5.69 Å². The molecule has 3 heteroatoms. The van der Waals surface area contributed by atoms with E-state index in [1.165, 1.54) is 16.3 Å². The lowest BCUT2D eigenvalue weighted by atomic mass is 10.0. The van der Waals surface area contributed by atoms with Crippen molar-refractivity contribution in [2.24, 2.45) is 0 Å². The van der Waals surface area contributed by atoms with Crippen molar-refractivity contribution < 1.29 is 0 Å². The maximum atomic E-state index is 4.52. The molecule has 0 amide bonds. The number of hydrogen-bond acceptors (Lipinski definition) is 3. The molecule has 0 saturated carbocycles. The fourth-order valence-electron chi connectivity index (χ4n) is 2.18. The van der Waals surface area contributed by atoms with Gasteiger partial charge in [0, 0.05) is 24.5 Å². The summed E-state index contributed by atoms with van der Waals surface area (Å²) in [5.74, 6) is 1.72. The van der Waals surface area contributed by atoms with Crippen LogP contribution in [0.5, 0.6) is 0 Å². The molecule has 0 spiro atoms. The molecule has 0 fully saturated rings. The number of thioether (sulfide) groups is 1. The smallest absolute Gasteiger partial charge is 0.120 e. The van der Waals surface area contributed by atoms with E-state index in [4.69, 9.17) is 0 Å². The third kappa shape index (κ3) is 2.05. The molecule has 1 aromatic heterocycles. The predicted octanol–water partition coefficient (Wildman–Crippen LogP) is 3.53. The highest BCUT2D eigenvalue weighted by Gasteiger charge is 2.24. The Labute approximate surface area is 102 Å². The third-order valence-corrected chi connectivity index (χ3v) is 3.98. The predicted molar refractivity (Wildman–Crippen MR) is 71.5 cm³/mol. The third-order valence-electron chi connectivity index (χ3n) is 3.03. The first-order valence-electron chi connectivity index (χ1n) is 5.99. The van der Waals surface area contributed by atoms with E-state index < -0.39 is 0 Å². The molecule has 2 heterocycles. The van der Waals surface area contributed by atoms with Crippen LogP contribution < -0.4 is 4.90 Å². The van der Waals surface area contributed by atoms with Gasteiger partial charge in [-0.1, -0.05) is 13.8 Å². The van der Waals surface area contributed by atoms with Gasteiger partial charge in [-0.2, -0.15) is 0 Å². The first kappa shape index (κ1) is 11.8. The molecule has 16 heavy (non-hydrogen) atoms. The number of hydrogen-bond donors (Lipinski definition) is 0. The van der Waals surface area contributed by atoms with Gasteiger partial charge < -0.3 is 4.90 Å². The number of nitrogens with zero attached hydrogens (tertiary/aromatic N) is 2. The number of fused-ring (bicyclic) bond motifs is 1. The van der Waals surface area contributed by atoms with Crippen LogP contribution in [0.3, 0.4) is 0 Å². The Morgan fingerprint density at radius 2 is 2.06 bits per heavy atom. The largest absolute Gasteiger partial charge is 0.366 e. The van der Waals surface area contributed by atoms with Crippen LogP contribution in [0.15, 0.2) is 17.3 Å². The molecule has 1 aliphatic heterocycles. The molecular formula is C13H20N2S. The highest BCUT2D eigenvalue weighted by molar-refractivity contribution is 7.99. The molecule has 0 radical (unpaired) electrons. The molecular weight excluding hydrogens is 216 g/mol. The number of pyridine rings is 1. The zero-order chi connectivity index (χ0) is 11.7. The fourth-order valence-corrected chi connectivity index (χ4v) is 3.17. The molecule has 0 aromatic carbocycles. The van der Waals surface area contributed by atoms with E-state index in [9.17, 15) is 0 Å². The molecule has 88 valence electrons. The van der Waals surface area contributed by atoms with Crippen molar-refractivity contribution >= 4 is 17.4 Å². The summed E-state index contributed by atoms with van der Waals surface area (Å²) in [6.45, 7) is 10.2. The molecule has 0 atom stereocenters. The van der Waals surface area contributed by atoms with E-state index in [-0.39, 0.29) is 0 Å². The average Bonchev–Trinajstić information content (AvgIpc) is 2.27. The summed E-state index contributed by atoms with van der Waals surface area (Å²) in [6, 6.07) is 2.73. The minimum absolute atomic E-state index is 0.557. The molecule has 2 nitrogen and oxygen atoms in total. The van der Waals surface area contributed by atoms with E-state index in [1.54, 1.807) is 0 Å². The first-order chi connectivity index (χ1) is 7.61. The summed E-state index contributed by atoms with van der Waals surface area (Å²) in [5.41, 5.74) is 2.81. The van der Waals surface area contributed by atoms with E-state index in [1.807, 2.05) is 18.0 Å². The lowest BCUT2D eigenvalue weighted by Crippen LogP contribution is -2.36. The number of aromatic nitrogens is 1. The quantitative estimate of drug-likeness (QED) is 0.781. The summed E-state index contributed by atoms with van der Waals surface area (Å²) >= 11 is 1.89. The van der Waals surface area contributed by atoms with Crippen molar-refractivity contribution in [2.45, 2.75) is 44.7 Å². The normalized spacial score (nSPS) is 15.8. The first-order valence-corrected chi connectivity index (χ1v) is 6.98. The van der Waals surface area contributed by atoms with Crippen molar-refractivity contribution in [1.82, 2.24) is 4.98 Å². The van der Waals surface area contributed by atoms with Crippen LogP contribution in [-0.4, -0.2) is 23.3 Å². The van der Waals surface area contributed by atoms with Gasteiger partial charge in [-0.25, -0.2) is 4.98 Å². The van der Waals surface area contributed by atoms with Crippen LogP contribution in [0, 0.1) is 0 Å². The molecule has 0 bridgehead atoms. The summed E-state index contributed by atoms with van der Waals surface area (Å²) in [4.78, 5) is 7.01. The monoisotopic (exact) mass is 236 g/mol. The molecule has 0 N–H and O–H groups in total. The molecule has 1 aromatic rings. The van der Waals surface area contributed by atoms with Gasteiger partial charge in [-0.3, -0.25) is 0 Å². The second-order valence-corrected chi connectivity index (χ2v) is 5.93. The Bertz CT molecular complexity index is 374. The van der Waals surface area contributed by atoms with Gasteiger partial charge in [-0.15, -0.1) is 11.8 Å². The van der Waals surface area contributed by atoms with Gasteiger partial charge in [0.15, 0.2) is 0 Å². The van der Waals surface area contributed by atoms with Gasteiger partial charge in [0.1, 0.15) is 5.03 Å². The maximum Gasteiger partial charge on any atom is 0.120 e. The zero-order valence-corrected chi connectivity index (χ0v) is 11.3. The van der Waals surface area contributed by atoms with Gasteiger partial charge in [0.25, 0.3) is 0 Å². The van der Waals surface area contributed by atoms with E-state index in [2.05, 4.69) is 43.6 Å². The van der Waals surface area contributed by atoms with Crippen LogP contribution in [-0.2, 0) is 0 Å². The van der Waals surface area contributed by atoms with E-state index >= 15 is 0 Å². The van der Waals surface area contributed by atoms with Crippen LogP contribution >= 0.6 is 11.8 Å². The summed E-state index contributed by atoms with van der Waals surface area (Å²) < 4.78 is 0. The second-order valence-electron chi connectivity index (χ2n) is 4.84. The standard InChI is InChI=1S/C13H20N2S/c1-9(2)11-5-6-14-13-12(11)15(10(3)4)7-8-16-13/h5-6,9-10H,7-8H2,1-4H3. The molecule has 0 aliphatic carbocycles. The molecule has 2 rings (SSSR count). The average molecular weight is 236 g/mol. The van der Waals surface area contributed by atoms with Crippen molar-refractivity contribution in [2.75, 3.05) is 17.2 Å². The summed E-state index contributed by atoms with van der Waals surface area (Å²) in [5, 5.41) is 1.21. The van der Waals surface area contributed by atoms with E-state index in [0.29, 0.717) is 12.0 Å². The maximum absolute atomic E-state index is 4.52. The highest BCUT2D eigenvalue weighted by Crippen LogP contribution is 2.39. The van der Waals surface area contributed by atoms with Crippen LogP contribution in [0.2, 0.25) is 0 Å². The van der Waals surface area contributed by atoms with Gasteiger partial charge >= 0.3 is 0 Å². The Kier molecular flexibility index (Phi) is 3.43. The van der Waals surface area contributed by atoms with Crippen LogP contribution in [0.4, 0.5) is 5.69 Å². The Hall–Kier alpha value is -0.700. The fraction of sp³-hybridized carbons (Fsp3) is 0.615. The van der Waals surface area contributed by atoms with Gasteiger partial charge in [-0.05, 0) is 31.4 Å². The van der Waals surface area contributed by atoms with Gasteiger partial charge in [0.2, 0.25) is 0 Å². The SMILES string of the molecule is CC(C)c1ccnc2c1N(C(C)C)CCS2. The van der Waals surface area contributed by atoms with Crippen molar-refractivity contribution in [3.63, 3.8) is 0 Å². The topological polar surface area (TPSA) is 16.1 Å². The minimum Gasteiger partial charge on any atom is -0.366 e. The molecule has 0 unspecified atom stereocenters. The van der Waals surface area contributed by atoms with Crippen molar-refractivity contribution in [3.05, 3.63) is 17.8 Å². The van der Waals surface area contributed by atoms with Crippen LogP contribution in [0.25, 0.3) is 0 Å². The Morgan fingerprint density at radius 1 is 1.31 bits per heavy atom. The van der Waals surface area contributed by atoms with E-state index in [0.717, 1.165) is 12.3 Å². The van der Waals surface area contributed by atoms with Crippen molar-refractivity contribution in [1.29, 1.82) is 0 Å². The Balaban J connectivity index is 2.51. The number of anilines is 1. The lowest BCUT2D eigenvalue weighted by Gasteiger charge is -2.36. The molecule has 1 aliphatic rings. The van der Waals surface area contributed by atoms with Crippen LogP contribution in [0.1, 0.15) is 39.2 Å². The molecule has 0 saturated heterocycles. The second kappa shape index (κ2) is 4.66. The summed E-state index contributed by atoms with van der Waals surface area (Å²) in [6.07, 6.45) is 1.95.